The zero-order chi connectivity index (χ0) is 12.5. The summed E-state index contributed by atoms with van der Waals surface area (Å²) in [5.41, 5.74) is 0. The number of carbonyl (C=O) groups excluding carboxylic acids is 1. The number of piperidine rings is 1. The number of likely N-dealkylation sites (tertiary alicyclic amines) is 1. The van der Waals surface area contributed by atoms with Gasteiger partial charge >= 0.3 is 0 Å². The van der Waals surface area contributed by atoms with Gasteiger partial charge in [0.2, 0.25) is 5.91 Å². The fourth-order valence-corrected chi connectivity index (χ4v) is 2.26. The highest BCUT2D eigenvalue weighted by Gasteiger charge is 2.27. The van der Waals surface area contributed by atoms with E-state index in [0.717, 1.165) is 58.2 Å². The zero-order valence-electron chi connectivity index (χ0n) is 11.0. The van der Waals surface area contributed by atoms with E-state index in [2.05, 4.69) is 12.2 Å². The third-order valence-corrected chi connectivity index (χ3v) is 3.26. The maximum atomic E-state index is 12.1. The first-order chi connectivity index (χ1) is 8.29. The van der Waals surface area contributed by atoms with Gasteiger partial charge in [-0.15, -0.1) is 0 Å². The van der Waals surface area contributed by atoms with Crippen molar-refractivity contribution in [3.63, 3.8) is 0 Å². The second-order valence-electron chi connectivity index (χ2n) is 4.76. The average molecular weight is 242 g/mol. The lowest BCUT2D eigenvalue weighted by Crippen LogP contribution is -2.51. The van der Waals surface area contributed by atoms with Crippen LogP contribution in [-0.2, 0) is 4.79 Å². The van der Waals surface area contributed by atoms with Crippen molar-refractivity contribution in [3.8, 4) is 0 Å². The second kappa shape index (κ2) is 8.48. The van der Waals surface area contributed by atoms with Crippen LogP contribution in [0.3, 0.4) is 0 Å². The molecular formula is C13H26N2O2. The molecule has 0 saturated carbocycles. The van der Waals surface area contributed by atoms with Crippen LogP contribution in [-0.4, -0.2) is 48.2 Å². The van der Waals surface area contributed by atoms with Crippen molar-refractivity contribution >= 4 is 5.91 Å². The van der Waals surface area contributed by atoms with Gasteiger partial charge in [-0.2, -0.15) is 0 Å². The molecule has 1 unspecified atom stereocenters. The molecule has 1 amide bonds. The number of carbonyl (C=O) groups is 1. The van der Waals surface area contributed by atoms with E-state index < -0.39 is 0 Å². The van der Waals surface area contributed by atoms with Gasteiger partial charge in [0, 0.05) is 19.7 Å². The molecule has 0 aromatic rings. The highest BCUT2D eigenvalue weighted by atomic mass is 16.2. The van der Waals surface area contributed by atoms with Gasteiger partial charge in [-0.25, -0.2) is 0 Å². The summed E-state index contributed by atoms with van der Waals surface area (Å²) in [6, 6.07) is 0.0431. The number of aliphatic hydroxyl groups excluding tert-OH is 1. The maximum absolute atomic E-state index is 12.1. The molecule has 1 rings (SSSR count). The number of unbranched alkanes of at least 4 members (excludes halogenated alkanes) is 2. The van der Waals surface area contributed by atoms with Gasteiger partial charge in [-0.05, 0) is 45.1 Å². The van der Waals surface area contributed by atoms with Gasteiger partial charge in [0.1, 0.15) is 0 Å². The quantitative estimate of drug-likeness (QED) is 0.628. The normalized spacial score (nSPS) is 20.9. The van der Waals surface area contributed by atoms with Crippen molar-refractivity contribution in [1.29, 1.82) is 0 Å². The Kier molecular flexibility index (Phi) is 7.21. The molecule has 0 radical (unpaired) electrons. The third kappa shape index (κ3) is 5.04. The van der Waals surface area contributed by atoms with Crippen molar-refractivity contribution in [2.45, 2.75) is 51.5 Å². The minimum Gasteiger partial charge on any atom is -0.396 e. The van der Waals surface area contributed by atoms with E-state index in [1.54, 1.807) is 0 Å². The molecule has 0 bridgehead atoms. The lowest BCUT2D eigenvalue weighted by Gasteiger charge is -2.32. The number of aliphatic hydroxyl groups is 1. The first-order valence-corrected chi connectivity index (χ1v) is 6.92. The number of nitrogens with zero attached hydrogens (tertiary/aromatic N) is 1. The molecule has 4 nitrogen and oxygen atoms in total. The monoisotopic (exact) mass is 242 g/mol. The lowest BCUT2D eigenvalue weighted by molar-refractivity contribution is -0.136. The number of nitrogens with one attached hydrogen (secondary N) is 1. The molecule has 1 heterocycles. The standard InChI is InChI=1S/C13H26N2O2/c1-2-8-14-12-7-6-10-15(13(12)17)9-4-3-5-11-16/h12,14,16H,2-11H2,1H3. The van der Waals surface area contributed by atoms with Gasteiger partial charge in [0.05, 0.1) is 6.04 Å². The predicted octanol–water partition coefficient (Wildman–Crippen LogP) is 1.14. The van der Waals surface area contributed by atoms with E-state index in [4.69, 9.17) is 5.11 Å². The predicted molar refractivity (Wildman–Crippen MR) is 68.8 cm³/mol. The van der Waals surface area contributed by atoms with E-state index >= 15 is 0 Å². The maximum Gasteiger partial charge on any atom is 0.239 e. The van der Waals surface area contributed by atoms with Crippen molar-refractivity contribution < 1.29 is 9.90 Å². The Balaban J connectivity index is 2.26. The summed E-state index contributed by atoms with van der Waals surface area (Å²) < 4.78 is 0. The van der Waals surface area contributed by atoms with Gasteiger partial charge in [-0.1, -0.05) is 6.92 Å². The van der Waals surface area contributed by atoms with Crippen LogP contribution in [0.2, 0.25) is 0 Å². The molecule has 4 heteroatoms. The number of hydrogen-bond donors (Lipinski definition) is 2. The Bertz CT molecular complexity index is 221. The van der Waals surface area contributed by atoms with Crippen LogP contribution in [0.5, 0.6) is 0 Å². The summed E-state index contributed by atoms with van der Waals surface area (Å²) >= 11 is 0. The molecular weight excluding hydrogens is 216 g/mol. The van der Waals surface area contributed by atoms with Crippen molar-refractivity contribution in [1.82, 2.24) is 10.2 Å². The first kappa shape index (κ1) is 14.5. The van der Waals surface area contributed by atoms with E-state index in [1.807, 2.05) is 4.90 Å². The number of rotatable bonds is 8. The molecule has 1 aliphatic rings. The summed E-state index contributed by atoms with van der Waals surface area (Å²) in [6.45, 7) is 5.06. The van der Waals surface area contributed by atoms with Gasteiger partial charge in [-0.3, -0.25) is 4.79 Å². The molecule has 1 saturated heterocycles. The van der Waals surface area contributed by atoms with E-state index in [9.17, 15) is 4.79 Å². The molecule has 0 aromatic carbocycles. The van der Waals surface area contributed by atoms with Crippen LogP contribution < -0.4 is 5.32 Å². The second-order valence-corrected chi connectivity index (χ2v) is 4.76. The molecule has 0 aliphatic carbocycles. The summed E-state index contributed by atoms with van der Waals surface area (Å²) in [5.74, 6) is 0.272. The Morgan fingerprint density at radius 3 is 2.94 bits per heavy atom. The van der Waals surface area contributed by atoms with Crippen LogP contribution in [0.1, 0.15) is 45.4 Å². The summed E-state index contributed by atoms with van der Waals surface area (Å²) in [7, 11) is 0. The molecule has 1 fully saturated rings. The third-order valence-electron chi connectivity index (χ3n) is 3.26. The van der Waals surface area contributed by atoms with Crippen molar-refractivity contribution in [3.05, 3.63) is 0 Å². The Morgan fingerprint density at radius 1 is 1.41 bits per heavy atom. The van der Waals surface area contributed by atoms with E-state index in [-0.39, 0.29) is 18.6 Å². The molecule has 1 atom stereocenters. The SMILES string of the molecule is CCCNC1CCCN(CCCCCO)C1=O. The zero-order valence-corrected chi connectivity index (χ0v) is 11.0. The minimum atomic E-state index is 0.0431. The molecule has 0 spiro atoms. The molecule has 1 aliphatic heterocycles. The van der Waals surface area contributed by atoms with Gasteiger partial charge in [0.15, 0.2) is 0 Å². The van der Waals surface area contributed by atoms with Gasteiger partial charge in [0.25, 0.3) is 0 Å². The minimum absolute atomic E-state index is 0.0431. The Hall–Kier alpha value is -0.610. The van der Waals surface area contributed by atoms with Crippen LogP contribution in [0.15, 0.2) is 0 Å². The number of amides is 1. The first-order valence-electron chi connectivity index (χ1n) is 6.92. The van der Waals surface area contributed by atoms with E-state index in [0.29, 0.717) is 0 Å². The fraction of sp³-hybridized carbons (Fsp3) is 0.923. The fourth-order valence-electron chi connectivity index (χ4n) is 2.26. The lowest BCUT2D eigenvalue weighted by atomic mass is 10.0. The molecule has 17 heavy (non-hydrogen) atoms. The van der Waals surface area contributed by atoms with Crippen molar-refractivity contribution in [2.24, 2.45) is 0 Å². The Labute approximate surface area is 104 Å². The average Bonchev–Trinajstić information content (AvgIpc) is 2.35. The summed E-state index contributed by atoms with van der Waals surface area (Å²) in [6.07, 6.45) is 6.01. The van der Waals surface area contributed by atoms with Crippen LogP contribution >= 0.6 is 0 Å². The topological polar surface area (TPSA) is 52.6 Å². The highest BCUT2D eigenvalue weighted by molar-refractivity contribution is 5.82. The van der Waals surface area contributed by atoms with Gasteiger partial charge < -0.3 is 15.3 Å². The smallest absolute Gasteiger partial charge is 0.239 e. The van der Waals surface area contributed by atoms with Crippen molar-refractivity contribution in [2.75, 3.05) is 26.2 Å². The van der Waals surface area contributed by atoms with Crippen LogP contribution in [0.25, 0.3) is 0 Å². The summed E-state index contributed by atoms with van der Waals surface area (Å²) in [4.78, 5) is 14.1. The highest BCUT2D eigenvalue weighted by Crippen LogP contribution is 2.13. The van der Waals surface area contributed by atoms with Crippen LogP contribution in [0.4, 0.5) is 0 Å². The van der Waals surface area contributed by atoms with E-state index in [1.165, 1.54) is 0 Å². The molecule has 100 valence electrons. The van der Waals surface area contributed by atoms with Crippen LogP contribution in [0, 0.1) is 0 Å². The molecule has 2 N–H and O–H groups in total. The molecule has 0 aromatic heterocycles. The summed E-state index contributed by atoms with van der Waals surface area (Å²) in [5, 5.41) is 12.0. The number of hydrogen-bond acceptors (Lipinski definition) is 3. The largest absolute Gasteiger partial charge is 0.396 e. The Morgan fingerprint density at radius 2 is 2.24 bits per heavy atom.